The Morgan fingerprint density at radius 1 is 0.650 bits per heavy atom. The summed E-state index contributed by atoms with van der Waals surface area (Å²) in [6.45, 7) is 6.15. The maximum Gasteiger partial charge on any atom is 0.0878 e. The number of hydrogen-bond acceptors (Lipinski definition) is 1. The lowest BCUT2D eigenvalue weighted by molar-refractivity contribution is -0.0402. The first-order chi connectivity index (χ1) is 9.62. The standard InChI is InChI=1S/C18H37NO/c1-4-5-6-7-8-9-10-11-12-13-14-15-16-17-18(2,3)20-19/h4-17H2,1-3H3. The third-order valence-corrected chi connectivity index (χ3v) is 4.13. The van der Waals surface area contributed by atoms with Crippen LogP contribution in [0.15, 0.2) is 0 Å². The van der Waals surface area contributed by atoms with Crippen molar-refractivity contribution >= 4 is 0 Å². The Kier molecular flexibility index (Phi) is 13.8. The highest BCUT2D eigenvalue weighted by molar-refractivity contribution is 4.66. The molecular weight excluding hydrogens is 246 g/mol. The topological polar surface area (TPSA) is 31.5 Å². The Hall–Kier alpha value is -0.0800. The van der Waals surface area contributed by atoms with Crippen LogP contribution in [0.3, 0.4) is 0 Å². The molecule has 120 valence electrons. The third-order valence-electron chi connectivity index (χ3n) is 4.13. The summed E-state index contributed by atoms with van der Waals surface area (Å²) >= 11 is 0. The highest BCUT2D eigenvalue weighted by atomic mass is 16.6. The molecule has 2 radical (unpaired) electrons. The van der Waals surface area contributed by atoms with Gasteiger partial charge in [-0.1, -0.05) is 90.4 Å². The van der Waals surface area contributed by atoms with Crippen LogP contribution in [0.1, 0.15) is 111 Å². The van der Waals surface area contributed by atoms with E-state index < -0.39 is 0 Å². The van der Waals surface area contributed by atoms with Crippen LogP contribution in [-0.2, 0) is 4.84 Å². The van der Waals surface area contributed by atoms with E-state index in [1.807, 2.05) is 13.8 Å². The fourth-order valence-corrected chi connectivity index (χ4v) is 2.61. The first-order valence-corrected chi connectivity index (χ1v) is 8.95. The summed E-state index contributed by atoms with van der Waals surface area (Å²) in [5.41, 5.74) is -0.363. The molecule has 0 unspecified atom stereocenters. The molecule has 0 N–H and O–H groups in total. The molecule has 0 amide bonds. The van der Waals surface area contributed by atoms with Crippen LogP contribution in [-0.4, -0.2) is 5.60 Å². The van der Waals surface area contributed by atoms with E-state index in [1.165, 1.54) is 77.0 Å². The number of nitrogens with zero attached hydrogens (tertiary/aromatic N) is 1. The smallest absolute Gasteiger partial charge is 0.0878 e. The summed E-state index contributed by atoms with van der Waals surface area (Å²) in [5, 5.41) is 0. The third kappa shape index (κ3) is 14.3. The van der Waals surface area contributed by atoms with E-state index in [2.05, 4.69) is 11.8 Å². The van der Waals surface area contributed by atoms with Crippen LogP contribution in [0, 0.1) is 0 Å². The molecule has 2 nitrogen and oxygen atoms in total. The first-order valence-electron chi connectivity index (χ1n) is 8.95. The molecule has 0 fully saturated rings. The first kappa shape index (κ1) is 19.9. The Morgan fingerprint density at radius 3 is 1.35 bits per heavy atom. The van der Waals surface area contributed by atoms with Gasteiger partial charge in [-0.2, -0.15) is 0 Å². The lowest BCUT2D eigenvalue weighted by Crippen LogP contribution is -2.23. The quantitative estimate of drug-likeness (QED) is 0.258. The second-order valence-corrected chi connectivity index (χ2v) is 6.84. The molecule has 0 bridgehead atoms. The van der Waals surface area contributed by atoms with Crippen molar-refractivity contribution in [1.82, 2.24) is 5.90 Å². The van der Waals surface area contributed by atoms with Crippen molar-refractivity contribution in [2.75, 3.05) is 0 Å². The SMILES string of the molecule is CCCCCCCCCCCCCCCC(C)(C)O[N]. The van der Waals surface area contributed by atoms with Crippen LogP contribution in [0.4, 0.5) is 0 Å². The van der Waals surface area contributed by atoms with E-state index in [9.17, 15) is 0 Å². The molecule has 0 rings (SSSR count). The molecule has 0 aliphatic rings. The van der Waals surface area contributed by atoms with Gasteiger partial charge in [-0.3, -0.25) is 4.84 Å². The Balaban J connectivity index is 3.06. The predicted octanol–water partition coefficient (Wildman–Crippen LogP) is 6.25. The van der Waals surface area contributed by atoms with Crippen LogP contribution in [0.25, 0.3) is 0 Å². The molecule has 0 aromatic carbocycles. The summed E-state index contributed by atoms with van der Waals surface area (Å²) in [6.07, 6.45) is 18.8. The zero-order chi connectivity index (χ0) is 15.1. The lowest BCUT2D eigenvalue weighted by atomic mass is 9.99. The van der Waals surface area contributed by atoms with E-state index in [4.69, 9.17) is 5.90 Å². The average Bonchev–Trinajstić information content (AvgIpc) is 2.44. The Bertz CT molecular complexity index is 192. The van der Waals surface area contributed by atoms with E-state index in [-0.39, 0.29) is 5.60 Å². The van der Waals surface area contributed by atoms with Crippen LogP contribution in [0.2, 0.25) is 0 Å². The largest absolute Gasteiger partial charge is 0.258 e. The monoisotopic (exact) mass is 283 g/mol. The van der Waals surface area contributed by atoms with Gasteiger partial charge in [0.05, 0.1) is 5.60 Å². The van der Waals surface area contributed by atoms with Crippen molar-refractivity contribution in [3.05, 3.63) is 0 Å². The molecule has 0 spiro atoms. The summed E-state index contributed by atoms with van der Waals surface area (Å²) in [7, 11) is 0. The number of unbranched alkanes of at least 4 members (excludes halogenated alkanes) is 12. The Labute approximate surface area is 127 Å². The fourth-order valence-electron chi connectivity index (χ4n) is 2.61. The zero-order valence-electron chi connectivity index (χ0n) is 14.3. The van der Waals surface area contributed by atoms with Crippen LogP contribution < -0.4 is 5.90 Å². The number of hydrogen-bond donors (Lipinski definition) is 0. The molecular formula is C18H37NO. The van der Waals surface area contributed by atoms with Gasteiger partial charge in [-0.05, 0) is 20.3 Å². The predicted molar refractivity (Wildman–Crippen MR) is 87.6 cm³/mol. The lowest BCUT2D eigenvalue weighted by Gasteiger charge is -2.19. The molecule has 2 heteroatoms. The van der Waals surface area contributed by atoms with Crippen molar-refractivity contribution in [3.8, 4) is 0 Å². The van der Waals surface area contributed by atoms with E-state index in [1.54, 1.807) is 0 Å². The van der Waals surface area contributed by atoms with Crippen molar-refractivity contribution in [3.63, 3.8) is 0 Å². The molecule has 0 aliphatic carbocycles. The van der Waals surface area contributed by atoms with Crippen molar-refractivity contribution < 1.29 is 4.84 Å². The minimum absolute atomic E-state index is 0.363. The van der Waals surface area contributed by atoms with Gasteiger partial charge in [0, 0.05) is 5.90 Å². The highest BCUT2D eigenvalue weighted by Crippen LogP contribution is 2.18. The maximum absolute atomic E-state index is 8.69. The van der Waals surface area contributed by atoms with Gasteiger partial charge in [0.2, 0.25) is 0 Å². The molecule has 20 heavy (non-hydrogen) atoms. The summed E-state index contributed by atoms with van der Waals surface area (Å²) < 4.78 is 0. The van der Waals surface area contributed by atoms with Gasteiger partial charge in [-0.25, -0.2) is 0 Å². The van der Waals surface area contributed by atoms with Gasteiger partial charge in [0.15, 0.2) is 0 Å². The molecule has 0 aromatic heterocycles. The summed E-state index contributed by atoms with van der Waals surface area (Å²) in [5.74, 6) is 8.69. The summed E-state index contributed by atoms with van der Waals surface area (Å²) in [4.78, 5) is 4.44. The molecule has 0 atom stereocenters. The molecule has 0 saturated carbocycles. The maximum atomic E-state index is 8.69. The summed E-state index contributed by atoms with van der Waals surface area (Å²) in [6, 6.07) is 0. The van der Waals surface area contributed by atoms with Gasteiger partial charge in [-0.15, -0.1) is 0 Å². The van der Waals surface area contributed by atoms with Gasteiger partial charge < -0.3 is 0 Å². The average molecular weight is 283 g/mol. The second kappa shape index (κ2) is 13.9. The van der Waals surface area contributed by atoms with Crippen LogP contribution >= 0.6 is 0 Å². The van der Waals surface area contributed by atoms with E-state index in [0.29, 0.717) is 0 Å². The van der Waals surface area contributed by atoms with Gasteiger partial charge in [0.1, 0.15) is 0 Å². The highest BCUT2D eigenvalue weighted by Gasteiger charge is 2.16. The molecule has 0 aliphatic heterocycles. The van der Waals surface area contributed by atoms with Crippen molar-refractivity contribution in [2.45, 2.75) is 116 Å². The minimum Gasteiger partial charge on any atom is -0.258 e. The van der Waals surface area contributed by atoms with Crippen LogP contribution in [0.5, 0.6) is 0 Å². The van der Waals surface area contributed by atoms with Gasteiger partial charge in [0.25, 0.3) is 0 Å². The zero-order valence-corrected chi connectivity index (χ0v) is 14.3. The molecule has 0 heterocycles. The van der Waals surface area contributed by atoms with Crippen molar-refractivity contribution in [2.24, 2.45) is 0 Å². The molecule has 0 saturated heterocycles. The van der Waals surface area contributed by atoms with E-state index in [0.717, 1.165) is 12.8 Å². The minimum atomic E-state index is -0.363. The normalized spacial score (nSPS) is 12.0. The molecule has 0 aromatic rings. The number of rotatable bonds is 15. The van der Waals surface area contributed by atoms with E-state index >= 15 is 0 Å². The second-order valence-electron chi connectivity index (χ2n) is 6.84. The Morgan fingerprint density at radius 2 is 1.00 bits per heavy atom. The van der Waals surface area contributed by atoms with Crippen molar-refractivity contribution in [1.29, 1.82) is 0 Å². The van der Waals surface area contributed by atoms with Gasteiger partial charge >= 0.3 is 0 Å². The fraction of sp³-hybridized carbons (Fsp3) is 1.00.